The van der Waals surface area contributed by atoms with Crippen LogP contribution in [0.2, 0.25) is 0 Å². The summed E-state index contributed by atoms with van der Waals surface area (Å²) in [5, 5.41) is 23.4. The van der Waals surface area contributed by atoms with E-state index in [1.54, 1.807) is 28.9 Å². The number of benzene rings is 3. The maximum absolute atomic E-state index is 11.7. The lowest BCUT2D eigenvalue weighted by molar-refractivity contribution is -0.136. The molecule has 1 aromatic heterocycles. The fraction of sp³-hybridized carbons (Fsp3) is 0.0833. The minimum atomic E-state index is -0.920. The first-order valence-electron chi connectivity index (χ1n) is 9.59. The minimum Gasteiger partial charge on any atom is -0.481 e. The maximum atomic E-state index is 11.7. The number of aromatic nitrogens is 2. The van der Waals surface area contributed by atoms with E-state index in [1.807, 2.05) is 48.5 Å². The van der Waals surface area contributed by atoms with E-state index in [1.165, 1.54) is 4.90 Å². The highest BCUT2D eigenvalue weighted by Crippen LogP contribution is 2.25. The number of hydrogen-bond acceptors (Lipinski definition) is 4. The lowest BCUT2D eigenvalue weighted by Gasteiger charge is -2.18. The lowest BCUT2D eigenvalue weighted by atomic mass is 10.1. The van der Waals surface area contributed by atoms with Gasteiger partial charge in [-0.25, -0.2) is 0 Å². The van der Waals surface area contributed by atoms with Crippen LogP contribution in [0.4, 0.5) is 11.4 Å². The molecule has 4 rings (SSSR count). The van der Waals surface area contributed by atoms with Gasteiger partial charge in [0.15, 0.2) is 0 Å². The molecule has 0 saturated heterocycles. The molecule has 152 valence electrons. The topological polar surface area (TPSA) is 99.2 Å². The van der Waals surface area contributed by atoms with Crippen LogP contribution >= 0.6 is 0 Å². The average Bonchev–Trinajstić information content (AvgIpc) is 3.12. The fourth-order valence-corrected chi connectivity index (χ4v) is 3.49. The third kappa shape index (κ3) is 4.14. The Hall–Kier alpha value is -4.44. The lowest BCUT2D eigenvalue weighted by Crippen LogP contribution is -2.14. The van der Waals surface area contributed by atoms with Crippen molar-refractivity contribution in [2.45, 2.75) is 13.0 Å². The molecule has 0 aliphatic carbocycles. The Kier molecular flexibility index (Phi) is 5.45. The Morgan fingerprint density at radius 3 is 2.29 bits per heavy atom. The van der Waals surface area contributed by atoms with Crippen LogP contribution in [-0.4, -0.2) is 27.3 Å². The molecule has 0 bridgehead atoms. The zero-order valence-corrected chi connectivity index (χ0v) is 16.5. The molecular formula is C24H18N4O3. The van der Waals surface area contributed by atoms with Gasteiger partial charge in [-0.3, -0.25) is 19.2 Å². The number of nitrogens with zero attached hydrogens (tertiary/aromatic N) is 4. The highest BCUT2D eigenvalue weighted by molar-refractivity contribution is 5.87. The largest absolute Gasteiger partial charge is 0.481 e. The van der Waals surface area contributed by atoms with E-state index in [0.717, 1.165) is 22.9 Å². The number of carboxylic acid groups (broad SMARTS) is 1. The highest BCUT2D eigenvalue weighted by atomic mass is 16.4. The summed E-state index contributed by atoms with van der Waals surface area (Å²) in [4.78, 5) is 24.3. The maximum Gasteiger partial charge on any atom is 0.309 e. The Morgan fingerprint density at radius 1 is 1.03 bits per heavy atom. The predicted molar refractivity (Wildman–Crippen MR) is 116 cm³/mol. The molecule has 0 atom stereocenters. The van der Waals surface area contributed by atoms with E-state index in [9.17, 15) is 9.59 Å². The van der Waals surface area contributed by atoms with Crippen molar-refractivity contribution in [1.29, 1.82) is 5.26 Å². The van der Waals surface area contributed by atoms with Gasteiger partial charge in [0.25, 0.3) is 0 Å². The summed E-state index contributed by atoms with van der Waals surface area (Å²) >= 11 is 0. The first kappa shape index (κ1) is 19.9. The fourth-order valence-electron chi connectivity index (χ4n) is 3.49. The Balaban J connectivity index is 1.59. The van der Waals surface area contributed by atoms with Crippen LogP contribution in [0.25, 0.3) is 10.9 Å². The SMILES string of the molecule is N#Cc1ccc(N(C=O)c2ccc(Cn3nc(CC(=O)O)c4ccccc43)cc2)cc1. The van der Waals surface area contributed by atoms with Gasteiger partial charge in [-0.15, -0.1) is 0 Å². The molecular weight excluding hydrogens is 392 g/mol. The van der Waals surface area contributed by atoms with Gasteiger partial charge in [0.05, 0.1) is 35.8 Å². The summed E-state index contributed by atoms with van der Waals surface area (Å²) in [5.41, 5.74) is 4.25. The highest BCUT2D eigenvalue weighted by Gasteiger charge is 2.14. The number of rotatable bonds is 7. The number of para-hydroxylation sites is 1. The van der Waals surface area contributed by atoms with Gasteiger partial charge in [0.2, 0.25) is 6.41 Å². The quantitative estimate of drug-likeness (QED) is 0.466. The molecule has 0 saturated carbocycles. The smallest absolute Gasteiger partial charge is 0.309 e. The minimum absolute atomic E-state index is 0.134. The van der Waals surface area contributed by atoms with E-state index >= 15 is 0 Å². The Labute approximate surface area is 178 Å². The summed E-state index contributed by atoms with van der Waals surface area (Å²) in [6.07, 6.45) is 0.598. The van der Waals surface area contributed by atoms with E-state index in [4.69, 9.17) is 10.4 Å². The molecule has 0 unspecified atom stereocenters. The molecule has 0 spiro atoms. The number of carboxylic acids is 1. The number of nitriles is 1. The molecule has 4 aromatic rings. The molecule has 3 aromatic carbocycles. The average molecular weight is 410 g/mol. The van der Waals surface area contributed by atoms with Crippen LogP contribution < -0.4 is 4.90 Å². The van der Waals surface area contributed by atoms with Crippen molar-refractivity contribution in [3.63, 3.8) is 0 Å². The molecule has 0 aliphatic heterocycles. The van der Waals surface area contributed by atoms with Gasteiger partial charge in [0, 0.05) is 16.8 Å². The molecule has 1 heterocycles. The first-order chi connectivity index (χ1) is 15.1. The standard InChI is InChI=1S/C24H18N4O3/c25-14-17-5-9-19(10-6-17)27(16-29)20-11-7-18(8-12-20)15-28-23-4-2-1-3-21(23)22(26-28)13-24(30)31/h1-12,16H,13,15H2,(H,30,31). The third-order valence-corrected chi connectivity index (χ3v) is 4.98. The first-order valence-corrected chi connectivity index (χ1v) is 9.59. The van der Waals surface area contributed by atoms with Crippen LogP contribution in [0.5, 0.6) is 0 Å². The molecule has 1 amide bonds. The molecule has 31 heavy (non-hydrogen) atoms. The number of amides is 1. The second-order valence-corrected chi connectivity index (χ2v) is 6.99. The van der Waals surface area contributed by atoms with Crippen molar-refractivity contribution in [3.8, 4) is 6.07 Å². The van der Waals surface area contributed by atoms with Crippen LogP contribution in [-0.2, 0) is 22.6 Å². The number of carbonyl (C=O) groups excluding carboxylic acids is 1. The van der Waals surface area contributed by atoms with E-state index < -0.39 is 5.97 Å². The zero-order chi connectivity index (χ0) is 21.8. The van der Waals surface area contributed by atoms with E-state index in [-0.39, 0.29) is 6.42 Å². The van der Waals surface area contributed by atoms with Gasteiger partial charge in [-0.2, -0.15) is 10.4 Å². The van der Waals surface area contributed by atoms with Crippen molar-refractivity contribution < 1.29 is 14.7 Å². The number of carbonyl (C=O) groups is 2. The second-order valence-electron chi connectivity index (χ2n) is 6.99. The number of fused-ring (bicyclic) bond motifs is 1. The monoisotopic (exact) mass is 410 g/mol. The Morgan fingerprint density at radius 2 is 1.68 bits per heavy atom. The van der Waals surface area contributed by atoms with Crippen LogP contribution in [0.3, 0.4) is 0 Å². The zero-order valence-electron chi connectivity index (χ0n) is 16.5. The van der Waals surface area contributed by atoms with Gasteiger partial charge in [0.1, 0.15) is 0 Å². The predicted octanol–water partition coefficient (Wildman–Crippen LogP) is 3.88. The normalized spacial score (nSPS) is 10.5. The van der Waals surface area contributed by atoms with Crippen molar-refractivity contribution in [2.24, 2.45) is 0 Å². The summed E-state index contributed by atoms with van der Waals surface area (Å²) in [5.74, 6) is -0.920. The van der Waals surface area contributed by atoms with Crippen LogP contribution in [0, 0.1) is 11.3 Å². The number of hydrogen-bond donors (Lipinski definition) is 1. The Bertz CT molecular complexity index is 1290. The molecule has 0 radical (unpaired) electrons. The summed E-state index contributed by atoms with van der Waals surface area (Å²) in [7, 11) is 0. The number of aliphatic carboxylic acids is 1. The number of anilines is 2. The van der Waals surface area contributed by atoms with Crippen molar-refractivity contribution in [3.05, 3.63) is 89.6 Å². The third-order valence-electron chi connectivity index (χ3n) is 4.98. The molecule has 7 nitrogen and oxygen atoms in total. The van der Waals surface area contributed by atoms with Gasteiger partial charge in [-0.1, -0.05) is 30.3 Å². The van der Waals surface area contributed by atoms with Crippen molar-refractivity contribution >= 4 is 34.7 Å². The van der Waals surface area contributed by atoms with Crippen LogP contribution in [0.15, 0.2) is 72.8 Å². The molecule has 0 aliphatic rings. The van der Waals surface area contributed by atoms with Crippen LogP contribution in [0.1, 0.15) is 16.8 Å². The van der Waals surface area contributed by atoms with Crippen molar-refractivity contribution in [1.82, 2.24) is 9.78 Å². The molecule has 1 N–H and O–H groups in total. The summed E-state index contributed by atoms with van der Waals surface area (Å²) in [6, 6.07) is 23.9. The van der Waals surface area contributed by atoms with E-state index in [2.05, 4.69) is 11.2 Å². The molecule has 0 fully saturated rings. The van der Waals surface area contributed by atoms with Gasteiger partial charge < -0.3 is 5.11 Å². The van der Waals surface area contributed by atoms with Crippen molar-refractivity contribution in [2.75, 3.05) is 4.90 Å². The summed E-state index contributed by atoms with van der Waals surface area (Å²) < 4.78 is 1.79. The second kappa shape index (κ2) is 8.51. The van der Waals surface area contributed by atoms with Gasteiger partial charge >= 0.3 is 5.97 Å². The summed E-state index contributed by atoms with van der Waals surface area (Å²) in [6.45, 7) is 0.471. The van der Waals surface area contributed by atoms with Gasteiger partial charge in [-0.05, 0) is 48.0 Å². The van der Waals surface area contributed by atoms with E-state index in [0.29, 0.717) is 29.2 Å². The molecule has 7 heteroatoms.